The van der Waals surface area contributed by atoms with Gasteiger partial charge < -0.3 is 28.8 Å². The van der Waals surface area contributed by atoms with Crippen molar-refractivity contribution in [2.45, 2.75) is 13.2 Å². The van der Waals surface area contributed by atoms with Gasteiger partial charge in [-0.1, -0.05) is 24.3 Å². The number of hydrogen-bond acceptors (Lipinski definition) is 8. The molecule has 0 amide bonds. The highest BCUT2D eigenvalue weighted by atomic mass is 16.5. The second kappa shape index (κ2) is 11.2. The average Bonchev–Trinajstić information content (AvgIpc) is 3.51. The van der Waals surface area contributed by atoms with Crippen LogP contribution in [0.2, 0.25) is 0 Å². The van der Waals surface area contributed by atoms with Crippen LogP contribution in [0.3, 0.4) is 0 Å². The summed E-state index contributed by atoms with van der Waals surface area (Å²) in [6, 6.07) is 28.9. The summed E-state index contributed by atoms with van der Waals surface area (Å²) in [5.41, 5.74) is 4.48. The Kier molecular flexibility index (Phi) is 7.41. The molecule has 2 heterocycles. The van der Waals surface area contributed by atoms with Crippen LogP contribution in [-0.2, 0) is 22.5 Å². The predicted octanol–water partition coefficient (Wildman–Crippen LogP) is 3.14. The molecule has 184 valence electrons. The molecule has 0 atom stereocenters. The molecule has 4 aromatic rings. The van der Waals surface area contributed by atoms with Gasteiger partial charge in [0.1, 0.15) is 23.0 Å². The number of hydrogen-bond donors (Lipinski definition) is 2. The van der Waals surface area contributed by atoms with Crippen LogP contribution in [0.5, 0.6) is 23.0 Å². The monoisotopic (exact) mass is 502 g/mol. The van der Waals surface area contributed by atoms with Crippen LogP contribution < -0.4 is 20.4 Å². The van der Waals surface area contributed by atoms with Gasteiger partial charge in [0, 0.05) is 0 Å². The minimum atomic E-state index is -0.885. The Morgan fingerprint density at radius 3 is 1.45 bits per heavy atom. The second-order valence-corrected chi connectivity index (χ2v) is 8.53. The molecule has 8 nitrogen and oxygen atoms in total. The summed E-state index contributed by atoms with van der Waals surface area (Å²) in [6.07, 6.45) is 0. The topological polar surface area (TPSA) is 125 Å². The smallest absolute Gasteiger partial charge is 0.457 e. The van der Waals surface area contributed by atoms with Crippen LogP contribution in [0.4, 0.5) is 0 Å². The first kappa shape index (κ1) is 25.1. The molecule has 0 radical (unpaired) electrons. The molecule has 0 saturated heterocycles. The maximum absolute atomic E-state index is 9.63. The lowest BCUT2D eigenvalue weighted by molar-refractivity contribution is 0.275. The fourth-order valence-electron chi connectivity index (χ4n) is 4.04. The maximum atomic E-state index is 9.63. The lowest BCUT2D eigenvalue weighted by Gasteiger charge is -2.07. The predicted molar refractivity (Wildman–Crippen MR) is 140 cm³/mol. The van der Waals surface area contributed by atoms with E-state index in [2.05, 4.69) is 12.1 Å². The summed E-state index contributed by atoms with van der Waals surface area (Å²) in [5, 5.41) is 36.9. The molecular formula is C28H20B2N2O6. The van der Waals surface area contributed by atoms with Crippen molar-refractivity contribution in [2.75, 3.05) is 0 Å². The van der Waals surface area contributed by atoms with Gasteiger partial charge in [-0.15, -0.1) is 0 Å². The molecule has 2 N–H and O–H groups in total. The molecule has 4 aromatic carbocycles. The first-order chi connectivity index (χ1) is 18.5. The van der Waals surface area contributed by atoms with Crippen LogP contribution in [-0.4, -0.2) is 24.3 Å². The Morgan fingerprint density at radius 2 is 1.03 bits per heavy atom. The lowest BCUT2D eigenvalue weighted by atomic mass is 9.79. The van der Waals surface area contributed by atoms with E-state index in [1.54, 1.807) is 60.7 Å². The van der Waals surface area contributed by atoms with Crippen LogP contribution in [0.1, 0.15) is 22.3 Å². The molecule has 2 aliphatic rings. The first-order valence-corrected chi connectivity index (χ1v) is 11.7. The summed E-state index contributed by atoms with van der Waals surface area (Å²) in [4.78, 5) is 0. The van der Waals surface area contributed by atoms with Crippen molar-refractivity contribution in [3.05, 3.63) is 107 Å². The highest BCUT2D eigenvalue weighted by Crippen LogP contribution is 2.25. The van der Waals surface area contributed by atoms with Gasteiger partial charge in [-0.25, -0.2) is 0 Å². The zero-order valence-electron chi connectivity index (χ0n) is 20.1. The summed E-state index contributed by atoms with van der Waals surface area (Å²) in [6.45, 7) is 0.835. The summed E-state index contributed by atoms with van der Waals surface area (Å²) in [5.74, 6) is 2.40. The van der Waals surface area contributed by atoms with Gasteiger partial charge in [0.15, 0.2) is 0 Å². The minimum absolute atomic E-state index is 0.417. The molecule has 0 saturated carbocycles. The van der Waals surface area contributed by atoms with Gasteiger partial charge in [0.05, 0.1) is 36.5 Å². The molecule has 38 heavy (non-hydrogen) atoms. The largest absolute Gasteiger partial charge is 0.491 e. The third-order valence-corrected chi connectivity index (χ3v) is 5.96. The van der Waals surface area contributed by atoms with E-state index in [4.69, 9.17) is 29.3 Å². The number of nitriles is 2. The van der Waals surface area contributed by atoms with Gasteiger partial charge >= 0.3 is 14.2 Å². The van der Waals surface area contributed by atoms with Gasteiger partial charge in [-0.2, -0.15) is 10.5 Å². The van der Waals surface area contributed by atoms with Crippen LogP contribution in [0, 0.1) is 22.7 Å². The second-order valence-electron chi connectivity index (χ2n) is 8.53. The molecule has 0 spiro atoms. The van der Waals surface area contributed by atoms with E-state index in [-0.39, 0.29) is 0 Å². The van der Waals surface area contributed by atoms with E-state index in [1.807, 2.05) is 24.3 Å². The van der Waals surface area contributed by atoms with E-state index in [1.165, 1.54) is 0 Å². The summed E-state index contributed by atoms with van der Waals surface area (Å²) >= 11 is 0. The number of rotatable bonds is 4. The molecule has 0 aliphatic carbocycles. The first-order valence-electron chi connectivity index (χ1n) is 11.7. The maximum Gasteiger partial charge on any atom is 0.491 e. The van der Waals surface area contributed by atoms with E-state index in [0.29, 0.717) is 47.3 Å². The van der Waals surface area contributed by atoms with E-state index in [0.717, 1.165) is 22.1 Å². The van der Waals surface area contributed by atoms with Crippen molar-refractivity contribution in [3.8, 4) is 35.1 Å². The Hall–Kier alpha value is -4.57. The van der Waals surface area contributed by atoms with Gasteiger partial charge in [-0.3, -0.25) is 0 Å². The van der Waals surface area contributed by atoms with Crippen LogP contribution in [0.15, 0.2) is 84.9 Å². The van der Waals surface area contributed by atoms with Crippen molar-refractivity contribution < 1.29 is 28.8 Å². The normalized spacial score (nSPS) is 12.9. The zero-order valence-corrected chi connectivity index (χ0v) is 20.1. The van der Waals surface area contributed by atoms with Crippen molar-refractivity contribution >= 4 is 25.2 Å². The fourth-order valence-corrected chi connectivity index (χ4v) is 4.04. The van der Waals surface area contributed by atoms with Crippen LogP contribution in [0.25, 0.3) is 0 Å². The highest BCUT2D eigenvalue weighted by Gasteiger charge is 2.28. The van der Waals surface area contributed by atoms with Crippen molar-refractivity contribution in [2.24, 2.45) is 0 Å². The lowest BCUT2D eigenvalue weighted by Crippen LogP contribution is -2.27. The van der Waals surface area contributed by atoms with Crippen LogP contribution >= 0.6 is 0 Å². The Balaban J connectivity index is 0.000000155. The standard InChI is InChI=1S/2C14H10BNO3/c2*16-8-10-2-1-3-12(6-10)19-13-5-4-11-9-18-15(17)14(11)7-13/h2*1-7,17H,9H2. The Morgan fingerprint density at radius 1 is 0.605 bits per heavy atom. The molecule has 0 aromatic heterocycles. The Bertz CT molecular complexity index is 1450. The Labute approximate surface area is 220 Å². The van der Waals surface area contributed by atoms with Crippen molar-refractivity contribution in [3.63, 3.8) is 0 Å². The van der Waals surface area contributed by atoms with Crippen molar-refractivity contribution in [1.29, 1.82) is 10.5 Å². The minimum Gasteiger partial charge on any atom is -0.457 e. The molecule has 10 heteroatoms. The molecule has 0 unspecified atom stereocenters. The van der Waals surface area contributed by atoms with Gasteiger partial charge in [0.2, 0.25) is 0 Å². The van der Waals surface area contributed by atoms with Gasteiger partial charge in [-0.05, 0) is 82.7 Å². The van der Waals surface area contributed by atoms with E-state index < -0.39 is 14.2 Å². The number of benzene rings is 4. The third kappa shape index (κ3) is 5.70. The fraction of sp³-hybridized carbons (Fsp3) is 0.0714. The zero-order chi connectivity index (χ0) is 26.5. The summed E-state index contributed by atoms with van der Waals surface area (Å²) < 4.78 is 21.6. The highest BCUT2D eigenvalue weighted by molar-refractivity contribution is 6.62. The SMILES string of the molecule is N#Cc1cccc(Oc2ccc3c(c2)B(O)OC3)c1.N#Cc1cccc(Oc2ccc3c(c2)B(O)OC3)c1. The molecule has 2 aliphatic heterocycles. The average molecular weight is 502 g/mol. The van der Waals surface area contributed by atoms with Gasteiger partial charge in [0.25, 0.3) is 0 Å². The number of nitrogens with zero attached hydrogens (tertiary/aromatic N) is 2. The molecular weight excluding hydrogens is 482 g/mol. The molecule has 0 bridgehead atoms. The van der Waals surface area contributed by atoms with Crippen molar-refractivity contribution in [1.82, 2.24) is 0 Å². The van der Waals surface area contributed by atoms with E-state index in [9.17, 15) is 10.0 Å². The molecule has 6 rings (SSSR count). The number of ether oxygens (including phenoxy) is 2. The quantitative estimate of drug-likeness (QED) is 0.408. The number of fused-ring (bicyclic) bond motifs is 2. The summed E-state index contributed by atoms with van der Waals surface area (Å²) in [7, 11) is -1.77. The van der Waals surface area contributed by atoms with E-state index >= 15 is 0 Å². The molecule has 0 fully saturated rings. The third-order valence-electron chi connectivity index (χ3n) is 5.96.